The number of hydrogen-bond acceptors (Lipinski definition) is 3. The zero-order valence-corrected chi connectivity index (χ0v) is 20.9. The Labute approximate surface area is 210 Å². The Morgan fingerprint density at radius 2 is 1.94 bits per heavy atom. The number of hydrogen-bond donors (Lipinski definition) is 1. The number of halogens is 2. The molecule has 1 aliphatic rings. The molecule has 0 saturated heterocycles. The predicted octanol–water partition coefficient (Wildman–Crippen LogP) is 6.74. The summed E-state index contributed by atoms with van der Waals surface area (Å²) in [7, 11) is 1.87. The van der Waals surface area contributed by atoms with Crippen LogP contribution in [0, 0.1) is 30.2 Å². The van der Waals surface area contributed by atoms with Gasteiger partial charge in [0.15, 0.2) is 5.78 Å². The minimum Gasteiger partial charge on any atom is -0.481 e. The number of Topliss-reactive ketones (excluding diaryl/α,β-unsaturated/α-hetero) is 1. The van der Waals surface area contributed by atoms with E-state index in [0.29, 0.717) is 28.7 Å². The highest BCUT2D eigenvalue weighted by Gasteiger charge is 2.44. The Bertz CT molecular complexity index is 1210. The first-order valence-corrected chi connectivity index (χ1v) is 12.6. The number of fused-ring (bicyclic) bond motifs is 1. The van der Waals surface area contributed by atoms with Crippen LogP contribution < -0.4 is 0 Å². The first-order chi connectivity index (χ1) is 17.1. The zero-order chi connectivity index (χ0) is 26.3. The minimum absolute atomic E-state index is 0.0745. The molecule has 2 aromatic heterocycles. The monoisotopic (exact) mass is 497 g/mol. The fourth-order valence-electron chi connectivity index (χ4n) is 4.82. The van der Waals surface area contributed by atoms with Crippen molar-refractivity contribution in [3.8, 4) is 11.8 Å². The summed E-state index contributed by atoms with van der Waals surface area (Å²) >= 11 is 0. The van der Waals surface area contributed by atoms with Gasteiger partial charge in [-0.15, -0.1) is 5.92 Å². The molecule has 6 nitrogen and oxygen atoms in total. The van der Waals surface area contributed by atoms with Crippen LogP contribution in [-0.2, 0) is 18.3 Å². The van der Waals surface area contributed by atoms with Gasteiger partial charge in [-0.2, -0.15) is 0 Å². The number of unbranched alkanes of at least 4 members (excludes halogenated alkanes) is 5. The van der Waals surface area contributed by atoms with Crippen molar-refractivity contribution in [2.24, 2.45) is 18.9 Å². The van der Waals surface area contributed by atoms with Crippen LogP contribution in [0.5, 0.6) is 0 Å². The maximum absolute atomic E-state index is 13.3. The summed E-state index contributed by atoms with van der Waals surface area (Å²) in [5.74, 6) is 1.98. The highest BCUT2D eigenvalue weighted by molar-refractivity contribution is 6.09. The molecule has 2 heterocycles. The molecule has 1 atom stereocenters. The third-order valence-corrected chi connectivity index (χ3v) is 6.71. The molecule has 36 heavy (non-hydrogen) atoms. The minimum atomic E-state index is -2.51. The summed E-state index contributed by atoms with van der Waals surface area (Å²) in [6.45, 7) is 9.06. The number of ketones is 1. The molecular formula is C28H33F2N3O3. The van der Waals surface area contributed by atoms with Gasteiger partial charge in [0.25, 0.3) is 5.92 Å². The summed E-state index contributed by atoms with van der Waals surface area (Å²) in [6, 6.07) is 1.69. The van der Waals surface area contributed by atoms with E-state index in [1.54, 1.807) is 13.0 Å². The molecule has 1 fully saturated rings. The van der Waals surface area contributed by atoms with Crippen molar-refractivity contribution in [3.63, 3.8) is 0 Å². The summed E-state index contributed by atoms with van der Waals surface area (Å²) in [4.78, 5) is 32.2. The van der Waals surface area contributed by atoms with Gasteiger partial charge in [-0.1, -0.05) is 32.1 Å². The van der Waals surface area contributed by atoms with E-state index in [2.05, 4.69) is 21.7 Å². The molecule has 0 amide bonds. The molecule has 0 unspecified atom stereocenters. The summed E-state index contributed by atoms with van der Waals surface area (Å²) in [6.07, 6.45) is 7.59. The fraction of sp³-hybridized carbons (Fsp3) is 0.571. The van der Waals surface area contributed by atoms with Gasteiger partial charge in [0.05, 0.1) is 6.57 Å². The second-order valence-electron chi connectivity index (χ2n) is 9.94. The molecule has 1 saturated carbocycles. The number of carboxylic acids is 1. The van der Waals surface area contributed by atoms with E-state index in [4.69, 9.17) is 11.7 Å². The van der Waals surface area contributed by atoms with Crippen molar-refractivity contribution < 1.29 is 23.5 Å². The largest absolute Gasteiger partial charge is 0.481 e. The van der Waals surface area contributed by atoms with Crippen molar-refractivity contribution in [1.29, 1.82) is 0 Å². The number of alkyl halides is 2. The van der Waals surface area contributed by atoms with Crippen LogP contribution >= 0.6 is 0 Å². The van der Waals surface area contributed by atoms with Crippen LogP contribution in [0.4, 0.5) is 14.5 Å². The molecule has 0 spiro atoms. The lowest BCUT2D eigenvalue weighted by Gasteiger charge is -2.31. The van der Waals surface area contributed by atoms with Crippen LogP contribution in [0.15, 0.2) is 12.3 Å². The normalized spacial score (nSPS) is 15.5. The molecule has 192 valence electrons. The number of aromatic nitrogens is 2. The number of nitrogens with zero attached hydrogens (tertiary/aromatic N) is 3. The highest BCUT2D eigenvalue weighted by atomic mass is 19.3. The smallest absolute Gasteiger partial charge is 0.303 e. The zero-order valence-electron chi connectivity index (χ0n) is 20.9. The fourth-order valence-corrected chi connectivity index (χ4v) is 4.82. The van der Waals surface area contributed by atoms with Crippen LogP contribution in [0.25, 0.3) is 15.9 Å². The van der Waals surface area contributed by atoms with E-state index in [-0.39, 0.29) is 43.3 Å². The molecule has 0 aliphatic heterocycles. The topological polar surface area (TPSA) is 76.6 Å². The van der Waals surface area contributed by atoms with Gasteiger partial charge >= 0.3 is 5.97 Å². The van der Waals surface area contributed by atoms with Crippen molar-refractivity contribution in [3.05, 3.63) is 34.9 Å². The molecule has 1 N–H and O–H groups in total. The van der Waals surface area contributed by atoms with Gasteiger partial charge in [0.2, 0.25) is 5.69 Å². The van der Waals surface area contributed by atoms with Crippen molar-refractivity contribution in [2.75, 3.05) is 0 Å². The number of pyridine rings is 1. The molecular weight excluding hydrogens is 464 g/mol. The Hall–Kier alpha value is -3.26. The van der Waals surface area contributed by atoms with E-state index in [9.17, 15) is 18.4 Å². The molecule has 0 aromatic carbocycles. The van der Waals surface area contributed by atoms with Crippen LogP contribution in [-0.4, -0.2) is 32.3 Å². The Morgan fingerprint density at radius 3 is 2.61 bits per heavy atom. The number of carboxylic acid groups (broad SMARTS) is 1. The molecule has 0 radical (unpaired) electrons. The number of aryl methyl sites for hydroxylation is 1. The van der Waals surface area contributed by atoms with Crippen LogP contribution in [0.1, 0.15) is 87.2 Å². The quantitative estimate of drug-likeness (QED) is 0.152. The highest BCUT2D eigenvalue weighted by Crippen LogP contribution is 2.41. The second kappa shape index (κ2) is 12.1. The summed E-state index contributed by atoms with van der Waals surface area (Å²) in [5, 5.41) is 9.71. The van der Waals surface area contributed by atoms with E-state index in [1.165, 1.54) is 6.20 Å². The number of aliphatic carboxylic acids is 1. The van der Waals surface area contributed by atoms with Gasteiger partial charge in [-0.05, 0) is 31.2 Å². The lowest BCUT2D eigenvalue weighted by atomic mass is 9.82. The van der Waals surface area contributed by atoms with Crippen molar-refractivity contribution in [1.82, 2.24) is 9.55 Å². The van der Waals surface area contributed by atoms with E-state index >= 15 is 0 Å². The summed E-state index contributed by atoms with van der Waals surface area (Å²) in [5.41, 5.74) is 2.44. The number of rotatable bonds is 12. The molecule has 0 bridgehead atoms. The first-order valence-electron chi connectivity index (χ1n) is 12.6. The lowest BCUT2D eigenvalue weighted by molar-refractivity contribution is -0.137. The number of carbonyl (C=O) groups excluding carboxylic acids is 1. The molecule has 1 aliphatic carbocycles. The lowest BCUT2D eigenvalue weighted by Crippen LogP contribution is -2.34. The number of carbonyl (C=O) groups is 2. The van der Waals surface area contributed by atoms with E-state index in [1.807, 2.05) is 11.6 Å². The van der Waals surface area contributed by atoms with Gasteiger partial charge < -0.3 is 9.67 Å². The average Bonchev–Trinajstić information content (AvgIpc) is 3.06. The molecule has 2 aromatic rings. The Balaban J connectivity index is 1.57. The van der Waals surface area contributed by atoms with Gasteiger partial charge in [-0.25, -0.2) is 18.6 Å². The average molecular weight is 498 g/mol. The van der Waals surface area contributed by atoms with Gasteiger partial charge in [0.1, 0.15) is 5.65 Å². The maximum atomic E-state index is 13.3. The second-order valence-corrected chi connectivity index (χ2v) is 9.94. The Kier molecular flexibility index (Phi) is 9.20. The molecule has 8 heteroatoms. The SMILES string of the molecule is [C-]#[N+]c1cnc2c(c1)c(C(=O)C[C@H](C)CC(=O)O)c(CCCCCCCC#CC1CC(F)(F)C1)n2C. The van der Waals surface area contributed by atoms with Crippen molar-refractivity contribution in [2.45, 2.75) is 83.5 Å². The molecule has 3 rings (SSSR count). The third kappa shape index (κ3) is 7.13. The van der Waals surface area contributed by atoms with Gasteiger partial charge in [0, 0.05) is 67.9 Å². The standard InChI is InChI=1S/C28H33F2N3O3/c1-19(14-25(35)36)13-24(34)26-22-15-21(31-2)18-32-27(22)33(3)23(26)12-10-8-6-4-5-7-9-11-20-16-28(29,30)17-20/h15,18-20H,4-8,10,12-14,16-17H2,1,3H3,(H,35,36)/t19-/m0/s1. The van der Waals surface area contributed by atoms with Gasteiger partial charge in [-0.3, -0.25) is 9.59 Å². The summed E-state index contributed by atoms with van der Waals surface area (Å²) < 4.78 is 27.6. The van der Waals surface area contributed by atoms with Crippen LogP contribution in [0.3, 0.4) is 0 Å². The predicted molar refractivity (Wildman–Crippen MR) is 134 cm³/mol. The first kappa shape index (κ1) is 27.3. The third-order valence-electron chi connectivity index (χ3n) is 6.71. The van der Waals surface area contributed by atoms with Crippen LogP contribution in [0.2, 0.25) is 0 Å². The maximum Gasteiger partial charge on any atom is 0.303 e. The van der Waals surface area contributed by atoms with E-state index in [0.717, 1.165) is 44.2 Å². The Morgan fingerprint density at radius 1 is 1.25 bits per heavy atom. The van der Waals surface area contributed by atoms with E-state index < -0.39 is 11.9 Å². The van der Waals surface area contributed by atoms with Crippen molar-refractivity contribution >= 4 is 28.5 Å².